The molecule has 0 bridgehead atoms. The standard InChI is InChI=1S/C16H17FN2/c1-10-5-13-14-7-12(17)6-11-3-4-19(16(11)14)9-15(13)18(2)8-10/h3-7,10,15H,8-9H2,1-2H3. The molecule has 98 valence electrons. The van der Waals surface area contributed by atoms with Gasteiger partial charge in [-0.2, -0.15) is 0 Å². The van der Waals surface area contributed by atoms with E-state index in [4.69, 9.17) is 0 Å². The molecule has 2 unspecified atom stereocenters. The van der Waals surface area contributed by atoms with E-state index in [1.54, 1.807) is 12.1 Å². The van der Waals surface area contributed by atoms with Crippen molar-refractivity contribution >= 4 is 16.5 Å². The second kappa shape index (κ2) is 3.70. The van der Waals surface area contributed by atoms with E-state index in [9.17, 15) is 4.39 Å². The van der Waals surface area contributed by atoms with Crippen molar-refractivity contribution < 1.29 is 4.39 Å². The van der Waals surface area contributed by atoms with Crippen molar-refractivity contribution in [3.05, 3.63) is 41.9 Å². The van der Waals surface area contributed by atoms with Crippen LogP contribution in [0.3, 0.4) is 0 Å². The van der Waals surface area contributed by atoms with Crippen molar-refractivity contribution in [3.63, 3.8) is 0 Å². The third kappa shape index (κ3) is 1.51. The van der Waals surface area contributed by atoms with Gasteiger partial charge in [0.1, 0.15) is 5.82 Å². The number of hydrogen-bond donors (Lipinski definition) is 0. The van der Waals surface area contributed by atoms with Crippen LogP contribution in [0.1, 0.15) is 12.5 Å². The van der Waals surface area contributed by atoms with Crippen LogP contribution in [-0.4, -0.2) is 29.1 Å². The summed E-state index contributed by atoms with van der Waals surface area (Å²) in [5, 5.41) is 1.01. The molecule has 3 heterocycles. The summed E-state index contributed by atoms with van der Waals surface area (Å²) in [7, 11) is 2.17. The fraction of sp³-hybridized carbons (Fsp3) is 0.375. The Bertz CT molecular complexity index is 698. The van der Waals surface area contributed by atoms with Gasteiger partial charge in [0, 0.05) is 30.2 Å². The highest BCUT2D eigenvalue weighted by atomic mass is 19.1. The van der Waals surface area contributed by atoms with Crippen molar-refractivity contribution in [2.45, 2.75) is 19.5 Å². The van der Waals surface area contributed by atoms with Crippen molar-refractivity contribution in [1.29, 1.82) is 0 Å². The Morgan fingerprint density at radius 2 is 2.11 bits per heavy atom. The molecule has 2 aliphatic heterocycles. The van der Waals surface area contributed by atoms with Gasteiger partial charge in [0.25, 0.3) is 0 Å². The van der Waals surface area contributed by atoms with Gasteiger partial charge in [-0.25, -0.2) is 4.39 Å². The van der Waals surface area contributed by atoms with Gasteiger partial charge >= 0.3 is 0 Å². The van der Waals surface area contributed by atoms with E-state index in [0.29, 0.717) is 12.0 Å². The Labute approximate surface area is 112 Å². The second-order valence-electron chi connectivity index (χ2n) is 5.91. The molecule has 4 rings (SSSR count). The molecule has 0 fully saturated rings. The van der Waals surface area contributed by atoms with E-state index in [2.05, 4.69) is 35.7 Å². The van der Waals surface area contributed by atoms with Crippen LogP contribution in [-0.2, 0) is 6.54 Å². The third-order valence-corrected chi connectivity index (χ3v) is 4.44. The summed E-state index contributed by atoms with van der Waals surface area (Å²) in [5.74, 6) is 0.388. The molecule has 0 saturated heterocycles. The lowest BCUT2D eigenvalue weighted by atomic mass is 9.86. The Kier molecular flexibility index (Phi) is 2.19. The summed E-state index contributed by atoms with van der Waals surface area (Å²) in [6, 6.07) is 5.72. The summed E-state index contributed by atoms with van der Waals surface area (Å²) in [5.41, 5.74) is 3.57. The zero-order valence-electron chi connectivity index (χ0n) is 11.2. The molecule has 0 saturated carbocycles. The van der Waals surface area contributed by atoms with Crippen LogP contribution in [0.4, 0.5) is 4.39 Å². The molecule has 0 spiro atoms. The molecule has 2 atom stereocenters. The van der Waals surface area contributed by atoms with Crippen LogP contribution >= 0.6 is 0 Å². The predicted octanol–water partition coefficient (Wildman–Crippen LogP) is 3.13. The highest BCUT2D eigenvalue weighted by Gasteiger charge is 2.32. The topological polar surface area (TPSA) is 8.17 Å². The van der Waals surface area contributed by atoms with E-state index in [1.807, 2.05) is 6.07 Å². The number of rotatable bonds is 0. The van der Waals surface area contributed by atoms with E-state index in [-0.39, 0.29) is 5.82 Å². The lowest BCUT2D eigenvalue weighted by Crippen LogP contribution is -2.43. The molecule has 1 aromatic carbocycles. The van der Waals surface area contributed by atoms with Gasteiger partial charge in [0.15, 0.2) is 0 Å². The SMILES string of the molecule is CC1C=C2c3cc(F)cc4ccn(c34)CC2N(C)C1. The highest BCUT2D eigenvalue weighted by molar-refractivity contribution is 5.94. The molecule has 0 radical (unpaired) electrons. The van der Waals surface area contributed by atoms with Gasteiger partial charge in [-0.1, -0.05) is 13.0 Å². The zero-order chi connectivity index (χ0) is 13.1. The van der Waals surface area contributed by atoms with Gasteiger partial charge < -0.3 is 4.57 Å². The third-order valence-electron chi connectivity index (χ3n) is 4.44. The molecular weight excluding hydrogens is 239 g/mol. The molecule has 2 aromatic rings. The number of aromatic nitrogens is 1. The van der Waals surface area contributed by atoms with Gasteiger partial charge in [0.2, 0.25) is 0 Å². The second-order valence-corrected chi connectivity index (χ2v) is 5.91. The fourth-order valence-electron chi connectivity index (χ4n) is 3.67. The summed E-state index contributed by atoms with van der Waals surface area (Å²) >= 11 is 0. The van der Waals surface area contributed by atoms with E-state index in [0.717, 1.165) is 24.0 Å². The van der Waals surface area contributed by atoms with Crippen molar-refractivity contribution in [3.8, 4) is 0 Å². The number of hydrogen-bond acceptors (Lipinski definition) is 1. The van der Waals surface area contributed by atoms with Gasteiger partial charge in [-0.3, -0.25) is 4.90 Å². The van der Waals surface area contributed by atoms with E-state index >= 15 is 0 Å². The maximum atomic E-state index is 13.8. The maximum absolute atomic E-state index is 13.8. The van der Waals surface area contributed by atoms with Crippen LogP contribution in [0.15, 0.2) is 30.5 Å². The summed E-state index contributed by atoms with van der Waals surface area (Å²) < 4.78 is 16.1. The highest BCUT2D eigenvalue weighted by Crippen LogP contribution is 2.38. The lowest BCUT2D eigenvalue weighted by Gasteiger charge is -2.39. The molecule has 0 aliphatic carbocycles. The van der Waals surface area contributed by atoms with Crippen LogP contribution in [0.2, 0.25) is 0 Å². The Morgan fingerprint density at radius 1 is 1.26 bits per heavy atom. The number of likely N-dealkylation sites (N-methyl/N-ethyl adjacent to an activating group) is 1. The fourth-order valence-corrected chi connectivity index (χ4v) is 3.67. The first-order valence-corrected chi connectivity index (χ1v) is 6.84. The van der Waals surface area contributed by atoms with E-state index in [1.165, 1.54) is 11.1 Å². The molecule has 1 aromatic heterocycles. The van der Waals surface area contributed by atoms with Crippen LogP contribution in [0.25, 0.3) is 16.5 Å². The van der Waals surface area contributed by atoms with Crippen LogP contribution in [0, 0.1) is 11.7 Å². The predicted molar refractivity (Wildman–Crippen MR) is 75.5 cm³/mol. The van der Waals surface area contributed by atoms with Gasteiger partial charge in [-0.15, -0.1) is 0 Å². The zero-order valence-corrected chi connectivity index (χ0v) is 11.2. The first-order valence-electron chi connectivity index (χ1n) is 6.84. The van der Waals surface area contributed by atoms with Crippen LogP contribution in [0.5, 0.6) is 0 Å². The Morgan fingerprint density at radius 3 is 2.95 bits per heavy atom. The normalized spacial score (nSPS) is 26.4. The number of halogens is 1. The largest absolute Gasteiger partial charge is 0.345 e. The molecule has 3 heteroatoms. The summed E-state index contributed by atoms with van der Waals surface area (Å²) in [6.07, 6.45) is 4.41. The first kappa shape index (κ1) is 11.2. The smallest absolute Gasteiger partial charge is 0.124 e. The van der Waals surface area contributed by atoms with Crippen LogP contribution < -0.4 is 0 Å². The quantitative estimate of drug-likeness (QED) is 0.703. The minimum absolute atomic E-state index is 0.136. The Hall–Kier alpha value is -1.61. The minimum Gasteiger partial charge on any atom is -0.345 e. The molecule has 0 amide bonds. The summed E-state index contributed by atoms with van der Waals surface area (Å²) in [4.78, 5) is 2.39. The number of nitrogens with zero attached hydrogens (tertiary/aromatic N) is 2. The average Bonchev–Trinajstić information content (AvgIpc) is 2.74. The van der Waals surface area contributed by atoms with Crippen molar-refractivity contribution in [2.24, 2.45) is 5.92 Å². The maximum Gasteiger partial charge on any atom is 0.124 e. The summed E-state index contributed by atoms with van der Waals surface area (Å²) in [6.45, 7) is 4.27. The first-order chi connectivity index (χ1) is 9.13. The van der Waals surface area contributed by atoms with E-state index < -0.39 is 0 Å². The number of fused-ring (bicyclic) bond motifs is 2. The van der Waals surface area contributed by atoms with Gasteiger partial charge in [0.05, 0.1) is 11.6 Å². The number of benzene rings is 1. The monoisotopic (exact) mass is 256 g/mol. The molecule has 2 aliphatic rings. The van der Waals surface area contributed by atoms with Crippen molar-refractivity contribution in [2.75, 3.05) is 13.6 Å². The minimum atomic E-state index is -0.136. The Balaban J connectivity index is 2.04. The lowest BCUT2D eigenvalue weighted by molar-refractivity contribution is 0.234. The van der Waals surface area contributed by atoms with Crippen molar-refractivity contribution in [1.82, 2.24) is 9.47 Å². The van der Waals surface area contributed by atoms with Gasteiger partial charge in [-0.05, 0) is 36.7 Å². The molecule has 19 heavy (non-hydrogen) atoms. The average molecular weight is 256 g/mol. The molecular formula is C16H17FN2. The molecule has 0 N–H and O–H groups in total. The molecule has 2 nitrogen and oxygen atoms in total.